The van der Waals surface area contributed by atoms with Crippen molar-refractivity contribution in [3.8, 4) is 0 Å². The second-order valence-corrected chi connectivity index (χ2v) is 13.1. The van der Waals surface area contributed by atoms with Crippen molar-refractivity contribution >= 4 is 46.1 Å². The normalized spacial score (nSPS) is 17.8. The van der Waals surface area contributed by atoms with E-state index in [1.807, 2.05) is 0 Å². The monoisotopic (exact) mass is 322 g/mol. The van der Waals surface area contributed by atoms with Gasteiger partial charge in [0.2, 0.25) is 0 Å². The number of fused-ring (bicyclic) bond motifs is 6. The van der Waals surface area contributed by atoms with Crippen LogP contribution in [0.2, 0.25) is 13.1 Å². The number of hydrogen-bond acceptors (Lipinski definition) is 0. The van der Waals surface area contributed by atoms with Gasteiger partial charge >= 0.3 is 0 Å². The summed E-state index contributed by atoms with van der Waals surface area (Å²) >= 11 is 6.80. The van der Waals surface area contributed by atoms with Crippen LogP contribution in [0.25, 0.3) is 27.6 Å². The zero-order valence-electron chi connectivity index (χ0n) is 13.2. The molecular weight excluding hydrogens is 304 g/mol. The molecule has 0 spiro atoms. The van der Waals surface area contributed by atoms with Gasteiger partial charge in [0.05, 0.1) is 0 Å². The minimum absolute atomic E-state index is 0.420. The van der Waals surface area contributed by atoms with E-state index < -0.39 is 7.38 Å². The molecule has 0 N–H and O–H groups in total. The predicted octanol–water partition coefficient (Wildman–Crippen LogP) is 6.48. The molecule has 0 heterocycles. The average molecular weight is 323 g/mol. The molecule has 0 aromatic heterocycles. The maximum absolute atomic E-state index is 6.80. The van der Waals surface area contributed by atoms with Crippen molar-refractivity contribution < 1.29 is 0 Å². The van der Waals surface area contributed by atoms with E-state index in [2.05, 4.69) is 74.6 Å². The molecule has 1 aliphatic rings. The summed E-state index contributed by atoms with van der Waals surface area (Å²) < 4.78 is 0. The van der Waals surface area contributed by atoms with Crippen LogP contribution in [-0.4, -0.2) is 7.38 Å². The highest BCUT2D eigenvalue weighted by atomic mass is 35.6. The molecule has 0 saturated heterocycles. The summed E-state index contributed by atoms with van der Waals surface area (Å²) in [5.74, 6) is 0.420. The molecule has 0 bridgehead atoms. The second kappa shape index (κ2) is 4.71. The van der Waals surface area contributed by atoms with E-state index in [4.69, 9.17) is 11.1 Å². The highest BCUT2D eigenvalue weighted by molar-refractivity contribution is 7.23. The summed E-state index contributed by atoms with van der Waals surface area (Å²) in [7, 11) is -1.83. The van der Waals surface area contributed by atoms with Gasteiger partial charge < -0.3 is 0 Å². The second-order valence-electron chi connectivity index (χ2n) is 6.71. The molecule has 22 heavy (non-hydrogen) atoms. The Morgan fingerprint density at radius 2 is 1.32 bits per heavy atom. The van der Waals surface area contributed by atoms with E-state index in [1.165, 1.54) is 37.9 Å². The summed E-state index contributed by atoms with van der Waals surface area (Å²) in [6, 6.07) is 17.5. The van der Waals surface area contributed by atoms with E-state index in [-0.39, 0.29) is 0 Å². The van der Waals surface area contributed by atoms with Crippen LogP contribution >= 0.6 is 11.1 Å². The fraction of sp³-hybridized carbons (Fsp3) is 0.200. The van der Waals surface area contributed by atoms with Crippen LogP contribution < -0.4 is 0 Å². The van der Waals surface area contributed by atoms with Gasteiger partial charge in [-0.05, 0) is 32.7 Å². The number of rotatable bonds is 1. The lowest BCUT2D eigenvalue weighted by molar-refractivity contribution is 0.976. The highest BCUT2D eigenvalue weighted by Crippen LogP contribution is 2.48. The van der Waals surface area contributed by atoms with Gasteiger partial charge in [0.1, 0.15) is 0 Å². The van der Waals surface area contributed by atoms with E-state index in [9.17, 15) is 0 Å². The van der Waals surface area contributed by atoms with Crippen molar-refractivity contribution in [3.05, 3.63) is 64.9 Å². The summed E-state index contributed by atoms with van der Waals surface area (Å²) in [6.45, 7) is 6.77. The van der Waals surface area contributed by atoms with Crippen molar-refractivity contribution in [3.63, 3.8) is 0 Å². The lowest BCUT2D eigenvalue weighted by Crippen LogP contribution is -2.22. The van der Waals surface area contributed by atoms with Gasteiger partial charge in [-0.15, -0.1) is 0 Å². The van der Waals surface area contributed by atoms with E-state index in [0.717, 1.165) is 0 Å². The average Bonchev–Trinajstić information content (AvgIpc) is 2.86. The largest absolute Gasteiger partial charge is 0.177 e. The van der Waals surface area contributed by atoms with Gasteiger partial charge in [0.25, 0.3) is 0 Å². The molecule has 110 valence electrons. The van der Waals surface area contributed by atoms with Gasteiger partial charge in [0, 0.05) is 5.92 Å². The Bertz CT molecular complexity index is 931. The van der Waals surface area contributed by atoms with Crippen LogP contribution in [0.5, 0.6) is 0 Å². The Morgan fingerprint density at radius 3 is 1.91 bits per heavy atom. The molecule has 0 amide bonds. The van der Waals surface area contributed by atoms with Crippen LogP contribution in [-0.2, 0) is 0 Å². The molecule has 1 aliphatic carbocycles. The topological polar surface area (TPSA) is 0 Å². The SMILES string of the molecule is CC1C([Si](C)(C)Cl)=Cc2c1c1ccccc1c1ccccc21. The van der Waals surface area contributed by atoms with Crippen molar-refractivity contribution in [2.45, 2.75) is 25.9 Å². The molecule has 0 fully saturated rings. The van der Waals surface area contributed by atoms with Crippen molar-refractivity contribution in [2.24, 2.45) is 0 Å². The Labute approximate surface area is 137 Å². The molecule has 3 aromatic rings. The maximum atomic E-state index is 6.80. The molecule has 0 radical (unpaired) electrons. The minimum Gasteiger partial charge on any atom is -0.162 e. The molecule has 0 aliphatic heterocycles. The zero-order valence-corrected chi connectivity index (χ0v) is 14.9. The first kappa shape index (κ1) is 14.0. The third-order valence-corrected chi connectivity index (χ3v) is 7.51. The summed E-state index contributed by atoms with van der Waals surface area (Å²) in [5, 5.41) is 6.88. The van der Waals surface area contributed by atoms with Crippen molar-refractivity contribution in [1.29, 1.82) is 0 Å². The summed E-state index contributed by atoms with van der Waals surface area (Å²) in [5.41, 5.74) is 2.85. The van der Waals surface area contributed by atoms with Crippen LogP contribution in [0.1, 0.15) is 24.0 Å². The highest BCUT2D eigenvalue weighted by Gasteiger charge is 2.34. The van der Waals surface area contributed by atoms with Gasteiger partial charge in [-0.1, -0.05) is 79.8 Å². The summed E-state index contributed by atoms with van der Waals surface area (Å²) in [6.07, 6.45) is 2.38. The number of benzene rings is 3. The number of hydrogen-bond donors (Lipinski definition) is 0. The Hall–Kier alpha value is -1.57. The van der Waals surface area contributed by atoms with Crippen LogP contribution in [0.4, 0.5) is 0 Å². The minimum atomic E-state index is -1.83. The van der Waals surface area contributed by atoms with Gasteiger partial charge in [-0.25, -0.2) is 0 Å². The van der Waals surface area contributed by atoms with E-state index in [1.54, 1.807) is 0 Å². The van der Waals surface area contributed by atoms with Crippen LogP contribution in [0, 0.1) is 0 Å². The standard InChI is InChI=1S/C20H19ClSi/c1-13-19(22(2,3)21)12-18-16-10-5-4-8-14(16)15-9-6-7-11-17(15)20(13)18/h4-13H,1-3H3. The third kappa shape index (κ3) is 1.89. The molecular formula is C20H19ClSi. The Morgan fingerprint density at radius 1 is 0.818 bits per heavy atom. The van der Waals surface area contributed by atoms with Crippen molar-refractivity contribution in [1.82, 2.24) is 0 Å². The number of halogens is 1. The lowest BCUT2D eigenvalue weighted by atomic mass is 9.90. The smallest absolute Gasteiger partial charge is 0.162 e. The molecule has 0 saturated carbocycles. The molecule has 2 heteroatoms. The van der Waals surface area contributed by atoms with Gasteiger partial charge in [0.15, 0.2) is 7.38 Å². The molecule has 4 rings (SSSR count). The molecule has 3 aromatic carbocycles. The molecule has 1 atom stereocenters. The summed E-state index contributed by atoms with van der Waals surface area (Å²) in [4.78, 5) is 0. The van der Waals surface area contributed by atoms with Crippen LogP contribution in [0.15, 0.2) is 53.7 Å². The Balaban J connectivity index is 2.18. The third-order valence-electron chi connectivity index (χ3n) is 4.90. The first-order valence-corrected chi connectivity index (χ1v) is 11.8. The van der Waals surface area contributed by atoms with Crippen LogP contribution in [0.3, 0.4) is 0 Å². The van der Waals surface area contributed by atoms with Gasteiger partial charge in [-0.3, -0.25) is 0 Å². The molecule has 1 unspecified atom stereocenters. The lowest BCUT2D eigenvalue weighted by Gasteiger charge is -2.21. The first-order chi connectivity index (χ1) is 10.5. The maximum Gasteiger partial charge on any atom is 0.177 e. The van der Waals surface area contributed by atoms with E-state index in [0.29, 0.717) is 5.92 Å². The number of allylic oxidation sites excluding steroid dienone is 1. The Kier molecular flexibility index (Phi) is 3.01. The fourth-order valence-corrected chi connectivity index (χ4v) is 6.26. The quantitative estimate of drug-likeness (QED) is 0.273. The van der Waals surface area contributed by atoms with Crippen molar-refractivity contribution in [2.75, 3.05) is 0 Å². The zero-order chi connectivity index (χ0) is 15.5. The molecule has 0 nitrogen and oxygen atoms in total. The van der Waals surface area contributed by atoms with E-state index >= 15 is 0 Å². The predicted molar refractivity (Wildman–Crippen MR) is 101 cm³/mol. The first-order valence-electron chi connectivity index (χ1n) is 7.83. The van der Waals surface area contributed by atoms with Gasteiger partial charge in [-0.2, -0.15) is 11.1 Å². The fourth-order valence-electron chi connectivity index (χ4n) is 3.94.